The maximum Gasteiger partial charge on any atom is 0.342 e. The van der Waals surface area contributed by atoms with Crippen LogP contribution in [0.2, 0.25) is 0 Å². The molecule has 80 valence electrons. The van der Waals surface area contributed by atoms with Crippen LogP contribution in [0, 0.1) is 0 Å². The van der Waals surface area contributed by atoms with Gasteiger partial charge in [-0.3, -0.25) is 0 Å². The highest BCUT2D eigenvalue weighted by molar-refractivity contribution is 6.22. The minimum atomic E-state index is -0.619. The maximum absolute atomic E-state index is 11.5. The van der Waals surface area contributed by atoms with E-state index < -0.39 is 17.5 Å². The second-order valence-corrected chi connectivity index (χ2v) is 3.91. The first-order chi connectivity index (χ1) is 7.00. The summed E-state index contributed by atoms with van der Waals surface area (Å²) in [6, 6.07) is 2.45. The molecule has 4 nitrogen and oxygen atoms in total. The maximum atomic E-state index is 11.5. The molecule has 5 heteroatoms. The Kier molecular flexibility index (Phi) is 2.23. The molecule has 0 aromatic heterocycles. The van der Waals surface area contributed by atoms with Crippen LogP contribution in [0.1, 0.15) is 28.2 Å². The molecule has 1 aliphatic heterocycles. The van der Waals surface area contributed by atoms with Crippen molar-refractivity contribution in [2.24, 2.45) is 0 Å². The van der Waals surface area contributed by atoms with Crippen LogP contribution in [0.4, 0.5) is 0 Å². The van der Waals surface area contributed by atoms with Gasteiger partial charge in [-0.2, -0.15) is 0 Å². The van der Waals surface area contributed by atoms with E-state index in [1.54, 1.807) is 6.92 Å². The topological polar surface area (TPSA) is 66.8 Å². The van der Waals surface area contributed by atoms with Crippen LogP contribution in [0.15, 0.2) is 12.1 Å². The summed E-state index contributed by atoms with van der Waals surface area (Å²) >= 11 is 6.01. The lowest BCUT2D eigenvalue weighted by atomic mass is 9.97. The Morgan fingerprint density at radius 2 is 2.07 bits per heavy atom. The second-order valence-electron chi connectivity index (χ2n) is 3.44. The van der Waals surface area contributed by atoms with Crippen molar-refractivity contribution in [2.75, 3.05) is 0 Å². The van der Waals surface area contributed by atoms with Crippen LogP contribution < -0.4 is 0 Å². The number of ether oxygens (including phenoxy) is 1. The van der Waals surface area contributed by atoms with E-state index in [1.165, 1.54) is 6.07 Å². The van der Waals surface area contributed by atoms with E-state index in [2.05, 4.69) is 0 Å². The van der Waals surface area contributed by atoms with E-state index in [9.17, 15) is 15.0 Å². The summed E-state index contributed by atoms with van der Waals surface area (Å²) in [5.41, 5.74) is 0.434. The van der Waals surface area contributed by atoms with E-state index in [1.807, 2.05) is 0 Å². The number of phenolic OH excluding ortho intramolecular Hbond substituents is 2. The van der Waals surface area contributed by atoms with Crippen LogP contribution in [0.3, 0.4) is 0 Å². The van der Waals surface area contributed by atoms with Gasteiger partial charge in [0.2, 0.25) is 0 Å². The number of rotatable bonds is 0. The number of hydrogen-bond acceptors (Lipinski definition) is 4. The van der Waals surface area contributed by atoms with Crippen molar-refractivity contribution in [3.05, 3.63) is 23.3 Å². The zero-order chi connectivity index (χ0) is 11.2. The van der Waals surface area contributed by atoms with Crippen LogP contribution >= 0.6 is 11.6 Å². The number of cyclic esters (lactones) is 1. The summed E-state index contributed by atoms with van der Waals surface area (Å²) in [5, 5.41) is 18.2. The van der Waals surface area contributed by atoms with Crippen molar-refractivity contribution in [2.45, 2.75) is 18.4 Å². The molecule has 0 amide bonds. The van der Waals surface area contributed by atoms with Crippen molar-refractivity contribution in [1.82, 2.24) is 0 Å². The molecule has 0 aliphatic carbocycles. The Morgan fingerprint density at radius 3 is 2.73 bits per heavy atom. The molecule has 2 N–H and O–H groups in total. The summed E-state index contributed by atoms with van der Waals surface area (Å²) in [7, 11) is 0. The Labute approximate surface area is 91.1 Å². The van der Waals surface area contributed by atoms with Crippen molar-refractivity contribution in [3.8, 4) is 11.5 Å². The van der Waals surface area contributed by atoms with E-state index >= 15 is 0 Å². The highest BCUT2D eigenvalue weighted by atomic mass is 35.5. The van der Waals surface area contributed by atoms with Gasteiger partial charge in [0, 0.05) is 6.07 Å². The molecule has 0 spiro atoms. The molecule has 0 radical (unpaired) electrons. The number of fused-ring (bicyclic) bond motifs is 1. The molecule has 2 atom stereocenters. The second kappa shape index (κ2) is 3.31. The fourth-order valence-corrected chi connectivity index (χ4v) is 1.84. The van der Waals surface area contributed by atoms with Gasteiger partial charge in [-0.1, -0.05) is 0 Å². The number of alkyl halides is 1. The molecular formula is C10H9ClO4. The zero-order valence-electron chi connectivity index (χ0n) is 7.90. The van der Waals surface area contributed by atoms with Gasteiger partial charge < -0.3 is 14.9 Å². The van der Waals surface area contributed by atoms with Crippen LogP contribution in [-0.2, 0) is 4.74 Å². The lowest BCUT2D eigenvalue weighted by Crippen LogP contribution is -2.27. The summed E-state index contributed by atoms with van der Waals surface area (Å²) in [6.45, 7) is 1.65. The first-order valence-corrected chi connectivity index (χ1v) is 4.85. The van der Waals surface area contributed by atoms with Crippen LogP contribution in [-0.4, -0.2) is 22.3 Å². The number of aromatic hydroxyl groups is 2. The number of carbonyl (C=O) groups is 1. The Bertz CT molecular complexity index is 430. The average Bonchev–Trinajstić information content (AvgIpc) is 2.12. The molecule has 0 fully saturated rings. The van der Waals surface area contributed by atoms with E-state index in [0.717, 1.165) is 6.07 Å². The molecule has 1 heterocycles. The largest absolute Gasteiger partial charge is 0.508 e. The first-order valence-electron chi connectivity index (χ1n) is 4.41. The fraction of sp³-hybridized carbons (Fsp3) is 0.300. The Morgan fingerprint density at radius 1 is 1.40 bits per heavy atom. The van der Waals surface area contributed by atoms with E-state index in [4.69, 9.17) is 16.3 Å². The predicted octanol–water partition coefficient (Wildman–Crippen LogP) is 1.94. The Hall–Kier alpha value is -1.42. The van der Waals surface area contributed by atoms with E-state index in [-0.39, 0.29) is 17.1 Å². The summed E-state index contributed by atoms with van der Waals surface area (Å²) in [5.74, 6) is -1.06. The van der Waals surface area contributed by atoms with Gasteiger partial charge >= 0.3 is 5.97 Å². The predicted molar refractivity (Wildman–Crippen MR) is 53.2 cm³/mol. The van der Waals surface area contributed by atoms with Gasteiger partial charge in [-0.15, -0.1) is 11.6 Å². The van der Waals surface area contributed by atoms with Gasteiger partial charge in [0.15, 0.2) is 0 Å². The summed E-state index contributed by atoms with van der Waals surface area (Å²) in [6.07, 6.45) is -0.479. The van der Waals surface area contributed by atoms with E-state index in [0.29, 0.717) is 5.56 Å². The Balaban J connectivity index is 2.65. The van der Waals surface area contributed by atoms with Crippen LogP contribution in [0.5, 0.6) is 11.5 Å². The van der Waals surface area contributed by atoms with Crippen molar-refractivity contribution in [3.63, 3.8) is 0 Å². The minimum absolute atomic E-state index is 0.0332. The number of carbonyl (C=O) groups excluding carboxylic acids is 1. The quantitative estimate of drug-likeness (QED) is 0.526. The monoisotopic (exact) mass is 228 g/mol. The highest BCUT2D eigenvalue weighted by Crippen LogP contribution is 2.40. The van der Waals surface area contributed by atoms with Crippen molar-refractivity contribution < 1.29 is 19.7 Å². The lowest BCUT2D eigenvalue weighted by Gasteiger charge is -2.26. The molecule has 0 bridgehead atoms. The molecule has 1 aromatic rings. The number of hydrogen-bond donors (Lipinski definition) is 2. The standard InChI is InChI=1S/C10H9ClO4/c1-4-9(11)6-2-5(12)3-7(13)8(6)10(14)15-4/h2-4,9,12-13H,1H3. The zero-order valence-corrected chi connectivity index (χ0v) is 8.65. The third-order valence-electron chi connectivity index (χ3n) is 2.34. The highest BCUT2D eigenvalue weighted by Gasteiger charge is 2.34. The smallest absolute Gasteiger partial charge is 0.342 e. The van der Waals surface area contributed by atoms with Gasteiger partial charge in [-0.25, -0.2) is 4.79 Å². The van der Waals surface area contributed by atoms with Crippen LogP contribution in [0.25, 0.3) is 0 Å². The minimum Gasteiger partial charge on any atom is -0.508 e. The number of phenols is 2. The van der Waals surface area contributed by atoms with Gasteiger partial charge in [0.25, 0.3) is 0 Å². The number of esters is 1. The molecule has 0 saturated heterocycles. The molecule has 2 unspecified atom stereocenters. The third kappa shape index (κ3) is 1.51. The SMILES string of the molecule is CC1OC(=O)c2c(O)cc(O)cc2C1Cl. The molecular weight excluding hydrogens is 220 g/mol. The molecule has 0 saturated carbocycles. The summed E-state index contributed by atoms with van der Waals surface area (Å²) < 4.78 is 4.93. The number of halogens is 1. The van der Waals surface area contributed by atoms with Gasteiger partial charge in [0.1, 0.15) is 23.2 Å². The molecule has 2 rings (SSSR count). The number of benzene rings is 1. The summed E-state index contributed by atoms with van der Waals surface area (Å²) in [4.78, 5) is 11.5. The third-order valence-corrected chi connectivity index (χ3v) is 2.93. The van der Waals surface area contributed by atoms with Gasteiger partial charge in [0.05, 0.1) is 5.38 Å². The van der Waals surface area contributed by atoms with Crippen molar-refractivity contribution in [1.29, 1.82) is 0 Å². The van der Waals surface area contributed by atoms with Gasteiger partial charge in [-0.05, 0) is 18.6 Å². The fourth-order valence-electron chi connectivity index (χ4n) is 1.61. The molecule has 1 aromatic carbocycles. The lowest BCUT2D eigenvalue weighted by molar-refractivity contribution is 0.0284. The molecule has 15 heavy (non-hydrogen) atoms. The van der Waals surface area contributed by atoms with Crippen molar-refractivity contribution >= 4 is 17.6 Å². The molecule has 1 aliphatic rings. The first kappa shape index (κ1) is 10.1. The normalized spacial score (nSPS) is 24.5. The average molecular weight is 229 g/mol.